The lowest BCUT2D eigenvalue weighted by molar-refractivity contribution is 0.0786. The molecule has 0 saturated carbocycles. The predicted octanol–water partition coefficient (Wildman–Crippen LogP) is 0.673. The highest BCUT2D eigenvalue weighted by Gasteiger charge is 2.23. The summed E-state index contributed by atoms with van der Waals surface area (Å²) in [5.41, 5.74) is 0. The van der Waals surface area contributed by atoms with Gasteiger partial charge >= 0.3 is 6.09 Å². The van der Waals surface area contributed by atoms with Crippen LogP contribution < -0.4 is 0 Å². The Morgan fingerprint density at radius 1 is 1.47 bits per heavy atom. The van der Waals surface area contributed by atoms with Crippen LogP contribution in [0.3, 0.4) is 0 Å². The summed E-state index contributed by atoms with van der Waals surface area (Å²) in [6.07, 6.45) is 0.278. The number of ether oxygens (including phenoxy) is 1. The average Bonchev–Trinajstić information content (AvgIpc) is 2.28. The Labute approximate surface area is 90.2 Å². The van der Waals surface area contributed by atoms with Crippen molar-refractivity contribution in [1.82, 2.24) is 9.80 Å². The Morgan fingerprint density at radius 2 is 2.07 bits per heavy atom. The third kappa shape index (κ3) is 3.10. The zero-order valence-corrected chi connectivity index (χ0v) is 9.27. The SMILES string of the molecule is COC(=O)N1CCN(C(C)CC#N)CC1. The molecule has 0 bridgehead atoms. The van der Waals surface area contributed by atoms with Crippen LogP contribution in [0.25, 0.3) is 0 Å². The van der Waals surface area contributed by atoms with Gasteiger partial charge in [0.15, 0.2) is 0 Å². The molecule has 1 heterocycles. The Morgan fingerprint density at radius 3 is 2.53 bits per heavy atom. The normalized spacial score (nSPS) is 19.4. The van der Waals surface area contributed by atoms with Crippen LogP contribution in [0.1, 0.15) is 13.3 Å². The minimum absolute atomic E-state index is 0.261. The number of nitrogens with zero attached hydrogens (tertiary/aromatic N) is 3. The first-order valence-corrected chi connectivity index (χ1v) is 5.13. The number of piperazine rings is 1. The molecule has 0 aromatic rings. The molecule has 5 heteroatoms. The summed E-state index contributed by atoms with van der Waals surface area (Å²) in [5.74, 6) is 0. The van der Waals surface area contributed by atoms with Gasteiger partial charge in [0.1, 0.15) is 0 Å². The van der Waals surface area contributed by atoms with Gasteiger partial charge in [-0.2, -0.15) is 5.26 Å². The van der Waals surface area contributed by atoms with Gasteiger partial charge in [0.05, 0.1) is 19.6 Å². The molecule has 1 atom stereocenters. The summed E-state index contributed by atoms with van der Waals surface area (Å²) >= 11 is 0. The van der Waals surface area contributed by atoms with Crippen molar-refractivity contribution >= 4 is 6.09 Å². The van der Waals surface area contributed by atoms with E-state index in [4.69, 9.17) is 5.26 Å². The van der Waals surface area contributed by atoms with Crippen molar-refractivity contribution in [3.8, 4) is 6.07 Å². The van der Waals surface area contributed by atoms with Crippen molar-refractivity contribution in [1.29, 1.82) is 5.26 Å². The second kappa shape index (κ2) is 5.56. The number of hydrogen-bond acceptors (Lipinski definition) is 4. The molecule has 0 aliphatic carbocycles. The van der Waals surface area contributed by atoms with E-state index in [-0.39, 0.29) is 12.1 Å². The molecule has 1 unspecified atom stereocenters. The molecule has 1 aliphatic heterocycles. The zero-order chi connectivity index (χ0) is 11.3. The smallest absolute Gasteiger partial charge is 0.409 e. The van der Waals surface area contributed by atoms with Crippen molar-refractivity contribution in [3.05, 3.63) is 0 Å². The van der Waals surface area contributed by atoms with Gasteiger partial charge in [-0.15, -0.1) is 0 Å². The fraction of sp³-hybridized carbons (Fsp3) is 0.800. The third-order valence-electron chi connectivity index (χ3n) is 2.76. The van der Waals surface area contributed by atoms with Crippen molar-refractivity contribution in [2.24, 2.45) is 0 Å². The lowest BCUT2D eigenvalue weighted by atomic mass is 10.2. The van der Waals surface area contributed by atoms with Crippen LogP contribution in [0.2, 0.25) is 0 Å². The van der Waals surface area contributed by atoms with E-state index >= 15 is 0 Å². The first-order valence-electron chi connectivity index (χ1n) is 5.13. The molecule has 1 aliphatic rings. The van der Waals surface area contributed by atoms with Crippen molar-refractivity contribution in [3.63, 3.8) is 0 Å². The van der Waals surface area contributed by atoms with E-state index in [9.17, 15) is 4.79 Å². The van der Waals surface area contributed by atoms with Crippen molar-refractivity contribution < 1.29 is 9.53 Å². The second-order valence-corrected chi connectivity index (χ2v) is 3.70. The number of carbonyl (C=O) groups excluding carboxylic acids is 1. The summed E-state index contributed by atoms with van der Waals surface area (Å²) in [6, 6.07) is 2.44. The van der Waals surface area contributed by atoms with Gasteiger partial charge in [-0.25, -0.2) is 4.79 Å². The number of amides is 1. The summed E-state index contributed by atoms with van der Waals surface area (Å²) in [5, 5.41) is 8.58. The van der Waals surface area contributed by atoms with Gasteiger partial charge in [-0.1, -0.05) is 0 Å². The number of hydrogen-bond donors (Lipinski definition) is 0. The minimum atomic E-state index is -0.261. The maximum Gasteiger partial charge on any atom is 0.409 e. The summed E-state index contributed by atoms with van der Waals surface area (Å²) < 4.78 is 4.65. The van der Waals surface area contributed by atoms with E-state index < -0.39 is 0 Å². The van der Waals surface area contributed by atoms with E-state index in [1.807, 2.05) is 6.92 Å². The van der Waals surface area contributed by atoms with Crippen LogP contribution >= 0.6 is 0 Å². The molecule has 1 rings (SSSR count). The van der Waals surface area contributed by atoms with Crippen LogP contribution in [0.4, 0.5) is 4.79 Å². The van der Waals surface area contributed by atoms with Crippen molar-refractivity contribution in [2.75, 3.05) is 33.3 Å². The number of carbonyl (C=O) groups is 1. The van der Waals surface area contributed by atoms with E-state index in [1.165, 1.54) is 7.11 Å². The summed E-state index contributed by atoms with van der Waals surface area (Å²) in [7, 11) is 1.40. The van der Waals surface area contributed by atoms with Gasteiger partial charge in [0.25, 0.3) is 0 Å². The first kappa shape index (κ1) is 11.8. The highest BCUT2D eigenvalue weighted by Crippen LogP contribution is 2.09. The Balaban J connectivity index is 2.36. The zero-order valence-electron chi connectivity index (χ0n) is 9.27. The van der Waals surface area contributed by atoms with E-state index in [0.29, 0.717) is 19.5 Å². The predicted molar refractivity (Wildman–Crippen MR) is 55.2 cm³/mol. The molecular formula is C10H17N3O2. The summed E-state index contributed by atoms with van der Waals surface area (Å²) in [6.45, 7) is 5.04. The van der Waals surface area contributed by atoms with Crippen LogP contribution in [0.5, 0.6) is 0 Å². The van der Waals surface area contributed by atoms with Gasteiger partial charge in [0.2, 0.25) is 0 Å². The molecule has 0 aromatic heterocycles. The molecule has 84 valence electrons. The van der Waals surface area contributed by atoms with Crippen LogP contribution in [-0.4, -0.2) is 55.2 Å². The Bertz CT molecular complexity index is 254. The molecule has 1 amide bonds. The van der Waals surface area contributed by atoms with Gasteiger partial charge in [-0.05, 0) is 6.92 Å². The van der Waals surface area contributed by atoms with Crippen LogP contribution in [-0.2, 0) is 4.74 Å². The minimum Gasteiger partial charge on any atom is -0.453 e. The second-order valence-electron chi connectivity index (χ2n) is 3.70. The molecule has 0 radical (unpaired) electrons. The first-order chi connectivity index (χ1) is 7.19. The quantitative estimate of drug-likeness (QED) is 0.673. The molecule has 15 heavy (non-hydrogen) atoms. The molecule has 1 saturated heterocycles. The van der Waals surface area contributed by atoms with Gasteiger partial charge in [0, 0.05) is 32.2 Å². The van der Waals surface area contributed by atoms with E-state index in [1.54, 1.807) is 4.90 Å². The van der Waals surface area contributed by atoms with E-state index in [2.05, 4.69) is 15.7 Å². The maximum absolute atomic E-state index is 11.2. The fourth-order valence-corrected chi connectivity index (χ4v) is 1.74. The molecule has 5 nitrogen and oxygen atoms in total. The highest BCUT2D eigenvalue weighted by molar-refractivity contribution is 5.67. The number of nitriles is 1. The monoisotopic (exact) mass is 211 g/mol. The Kier molecular flexibility index (Phi) is 4.37. The molecule has 1 fully saturated rings. The summed E-state index contributed by atoms with van der Waals surface area (Å²) in [4.78, 5) is 15.1. The number of methoxy groups -OCH3 is 1. The largest absolute Gasteiger partial charge is 0.453 e. The molecule has 0 N–H and O–H groups in total. The lowest BCUT2D eigenvalue weighted by Crippen LogP contribution is -2.51. The van der Waals surface area contributed by atoms with Crippen LogP contribution in [0, 0.1) is 11.3 Å². The molecular weight excluding hydrogens is 194 g/mol. The standard InChI is InChI=1S/C10H17N3O2/c1-9(3-4-11)12-5-7-13(8-6-12)10(14)15-2/h9H,3,5-8H2,1-2H3. The van der Waals surface area contributed by atoms with Crippen LogP contribution in [0.15, 0.2) is 0 Å². The van der Waals surface area contributed by atoms with Gasteiger partial charge in [-0.3, -0.25) is 4.90 Å². The highest BCUT2D eigenvalue weighted by atomic mass is 16.5. The third-order valence-corrected chi connectivity index (χ3v) is 2.76. The molecule has 0 spiro atoms. The topological polar surface area (TPSA) is 56.6 Å². The molecule has 0 aromatic carbocycles. The number of rotatable bonds is 2. The Hall–Kier alpha value is -1.28. The fourth-order valence-electron chi connectivity index (χ4n) is 1.74. The van der Waals surface area contributed by atoms with Crippen molar-refractivity contribution in [2.45, 2.75) is 19.4 Å². The maximum atomic E-state index is 11.2. The average molecular weight is 211 g/mol. The van der Waals surface area contributed by atoms with E-state index in [0.717, 1.165) is 13.1 Å². The lowest BCUT2D eigenvalue weighted by Gasteiger charge is -2.36. The van der Waals surface area contributed by atoms with Gasteiger partial charge < -0.3 is 9.64 Å².